The first kappa shape index (κ1) is 35.3. The summed E-state index contributed by atoms with van der Waals surface area (Å²) in [5.74, 6) is -1.56. The first-order valence-electron chi connectivity index (χ1n) is 15.1. The molecule has 2 aliphatic heterocycles. The number of ether oxygens (including phenoxy) is 1. The number of fused-ring (bicyclic) bond motifs is 3. The number of nitrogens with one attached hydrogen (secondary N) is 2. The molecule has 0 spiro atoms. The lowest BCUT2D eigenvalue weighted by Crippen LogP contribution is -2.58. The van der Waals surface area contributed by atoms with Gasteiger partial charge in [-0.25, -0.2) is 0 Å². The average molecular weight is 666 g/mol. The summed E-state index contributed by atoms with van der Waals surface area (Å²) in [6.45, 7) is 16.4. The van der Waals surface area contributed by atoms with E-state index in [4.69, 9.17) is 14.9 Å². The lowest BCUT2D eigenvalue weighted by molar-refractivity contribution is -0.160. The van der Waals surface area contributed by atoms with Gasteiger partial charge in [-0.05, 0) is 54.4 Å². The molecule has 0 bridgehead atoms. The molecule has 0 saturated carbocycles. The van der Waals surface area contributed by atoms with Crippen LogP contribution in [0.4, 0.5) is 18.9 Å². The Balaban J connectivity index is 1.86. The van der Waals surface area contributed by atoms with Gasteiger partial charge in [0.1, 0.15) is 29.4 Å². The molecule has 0 fully saturated rings. The van der Waals surface area contributed by atoms with E-state index in [2.05, 4.69) is 63.6 Å². The summed E-state index contributed by atoms with van der Waals surface area (Å²) in [5, 5.41) is 10.0. The molecular weight excluding hydrogens is 619 g/mol. The summed E-state index contributed by atoms with van der Waals surface area (Å²) in [5.41, 5.74) is 9.30. The van der Waals surface area contributed by atoms with Crippen LogP contribution in [0.25, 0.3) is 11.3 Å². The molecule has 1 aromatic heterocycles. The van der Waals surface area contributed by atoms with Gasteiger partial charge < -0.3 is 24.8 Å². The number of hydrogen-bond acceptors (Lipinski definition) is 8. The molecule has 4 rings (SSSR count). The Morgan fingerprint density at radius 2 is 1.80 bits per heavy atom. The molecule has 4 N–H and O–H groups in total. The number of halogens is 3. The van der Waals surface area contributed by atoms with E-state index in [1.165, 1.54) is 13.4 Å². The van der Waals surface area contributed by atoms with Crippen LogP contribution in [0.1, 0.15) is 65.1 Å². The predicted octanol–water partition coefficient (Wildman–Crippen LogP) is 4.99. The van der Waals surface area contributed by atoms with Crippen molar-refractivity contribution in [3.8, 4) is 17.0 Å². The van der Waals surface area contributed by atoms with Gasteiger partial charge in [-0.3, -0.25) is 15.0 Å². The van der Waals surface area contributed by atoms with E-state index >= 15 is 0 Å². The molecule has 2 aliphatic rings. The van der Waals surface area contributed by atoms with Crippen LogP contribution in [0.2, 0.25) is 18.1 Å². The molecule has 0 aliphatic carbocycles. The molecule has 0 radical (unpaired) electrons. The lowest BCUT2D eigenvalue weighted by Gasteiger charge is -2.40. The highest BCUT2D eigenvalue weighted by atomic mass is 28.4. The largest absolute Gasteiger partial charge is 0.494 e. The van der Waals surface area contributed by atoms with Crippen LogP contribution < -0.4 is 26.3 Å². The number of nitrogens with two attached hydrogens (primary N) is 1. The van der Waals surface area contributed by atoms with Gasteiger partial charge in [-0.15, -0.1) is 10.2 Å². The van der Waals surface area contributed by atoms with E-state index in [0.29, 0.717) is 23.7 Å². The molecule has 15 heteroatoms. The zero-order chi connectivity index (χ0) is 34.6. The Bertz CT molecular complexity index is 1530. The van der Waals surface area contributed by atoms with Crippen LogP contribution in [0.5, 0.6) is 5.75 Å². The number of nitrogens with zero attached hydrogens (tertiary/aromatic N) is 4. The Labute approximate surface area is 269 Å². The summed E-state index contributed by atoms with van der Waals surface area (Å²) in [7, 11) is 1.19. The highest BCUT2D eigenvalue weighted by molar-refractivity contribution is 6.74. The average Bonchev–Trinajstić information content (AvgIpc) is 3.56. The van der Waals surface area contributed by atoms with Gasteiger partial charge in [-0.2, -0.15) is 18.3 Å². The van der Waals surface area contributed by atoms with Crippen molar-refractivity contribution in [3.63, 3.8) is 0 Å². The fourth-order valence-electron chi connectivity index (χ4n) is 5.51. The molecule has 46 heavy (non-hydrogen) atoms. The number of benzene rings is 1. The number of carbonyl (C=O) groups excluding carboxylic acids is 2. The lowest BCUT2D eigenvalue weighted by atomic mass is 9.81. The first-order valence-corrected chi connectivity index (χ1v) is 18.0. The quantitative estimate of drug-likeness (QED) is 0.306. The van der Waals surface area contributed by atoms with Crippen LogP contribution in [0.3, 0.4) is 0 Å². The molecule has 0 saturated heterocycles. The second-order valence-electron chi connectivity index (χ2n) is 14.5. The fraction of sp³-hybridized carbons (Fsp3) is 0.581. The number of hydrogen-bond donors (Lipinski definition) is 3. The van der Waals surface area contributed by atoms with Crippen molar-refractivity contribution in [1.29, 1.82) is 0 Å². The standard InChI is InChI=1S/C31H46F3N7O4Si/c1-28(2,3)46(9,10)45-17-29(4,5)21-11-12-40-23(26(42)38-30(6,27(35)43)16-31(32,33)34)13-19-14-24(44-8)22(15-20(19)25(21)40)41-37-18-36-39(41)7/h11-12,14-15,18,23H,13,16-17H2,1-10H3,(H2,35,43)(H,36,37)(H,38,42)/t23-,30?/m0/s1. The molecule has 254 valence electrons. The number of aromatic nitrogens is 1. The maximum atomic E-state index is 13.9. The summed E-state index contributed by atoms with van der Waals surface area (Å²) in [4.78, 5) is 26.1. The number of methoxy groups -OCH3 is 1. The highest BCUT2D eigenvalue weighted by Gasteiger charge is 2.46. The number of primary amides is 1. The van der Waals surface area contributed by atoms with Crippen molar-refractivity contribution >= 4 is 32.2 Å². The third-order valence-corrected chi connectivity index (χ3v) is 13.8. The number of hydrazone groups is 1. The number of rotatable bonds is 10. The molecular formula is C31H46F3N7O4Si. The maximum absolute atomic E-state index is 13.9. The van der Waals surface area contributed by atoms with Crippen molar-refractivity contribution in [2.45, 2.75) is 95.7 Å². The number of anilines is 1. The van der Waals surface area contributed by atoms with Gasteiger partial charge in [0.15, 0.2) is 8.32 Å². The van der Waals surface area contributed by atoms with Gasteiger partial charge in [0.2, 0.25) is 11.8 Å². The van der Waals surface area contributed by atoms with Crippen LogP contribution in [0.15, 0.2) is 29.5 Å². The third kappa shape index (κ3) is 6.76. The Morgan fingerprint density at radius 3 is 2.33 bits per heavy atom. The summed E-state index contributed by atoms with van der Waals surface area (Å²) in [6, 6.07) is 4.69. The van der Waals surface area contributed by atoms with E-state index in [0.717, 1.165) is 23.6 Å². The first-order chi connectivity index (χ1) is 21.0. The minimum absolute atomic E-state index is 0.00961. The van der Waals surface area contributed by atoms with Crippen LogP contribution in [-0.4, -0.2) is 68.6 Å². The molecule has 2 amide bonds. The fourth-order valence-corrected chi connectivity index (χ4v) is 6.66. The van der Waals surface area contributed by atoms with Crippen LogP contribution in [-0.2, 0) is 25.9 Å². The van der Waals surface area contributed by atoms with Gasteiger partial charge in [0.05, 0.1) is 19.2 Å². The topological polar surface area (TPSA) is 126 Å². The number of hydrazine groups is 2. The molecule has 3 heterocycles. The Kier molecular flexibility index (Phi) is 9.14. The zero-order valence-corrected chi connectivity index (χ0v) is 29.2. The predicted molar refractivity (Wildman–Crippen MR) is 174 cm³/mol. The maximum Gasteiger partial charge on any atom is 0.391 e. The van der Waals surface area contributed by atoms with E-state index in [1.54, 1.807) is 28.0 Å². The number of alkyl halides is 3. The smallest absolute Gasteiger partial charge is 0.391 e. The molecule has 1 aromatic carbocycles. The summed E-state index contributed by atoms with van der Waals surface area (Å²) in [6.07, 6.45) is -2.91. The van der Waals surface area contributed by atoms with E-state index in [-0.39, 0.29) is 11.5 Å². The van der Waals surface area contributed by atoms with Crippen molar-refractivity contribution < 1.29 is 31.9 Å². The van der Waals surface area contributed by atoms with Gasteiger partial charge in [0.25, 0.3) is 0 Å². The van der Waals surface area contributed by atoms with Crippen molar-refractivity contribution in [1.82, 2.24) is 20.4 Å². The van der Waals surface area contributed by atoms with E-state index in [9.17, 15) is 22.8 Å². The van der Waals surface area contributed by atoms with Crippen molar-refractivity contribution in [2.75, 3.05) is 25.9 Å². The minimum Gasteiger partial charge on any atom is -0.494 e. The van der Waals surface area contributed by atoms with E-state index in [1.807, 2.05) is 18.2 Å². The van der Waals surface area contributed by atoms with Gasteiger partial charge >= 0.3 is 6.18 Å². The molecule has 11 nitrogen and oxygen atoms in total. The number of carbonyl (C=O) groups is 2. The second kappa shape index (κ2) is 11.9. The minimum atomic E-state index is -4.74. The third-order valence-electron chi connectivity index (χ3n) is 9.36. The molecule has 2 atom stereocenters. The Hall–Kier alpha value is -3.56. The zero-order valence-electron chi connectivity index (χ0n) is 28.2. The molecule has 2 aromatic rings. The SMILES string of the molecule is COc1cc2c(cc1N1N=CNN1C)-c1c(C(C)(C)CO[Si](C)(C)C(C)(C)C)ccn1[C@H](C(=O)NC(C)(CC(F)(F)F)C(N)=O)C2. The summed E-state index contributed by atoms with van der Waals surface area (Å²) < 4.78 is 54.6. The highest BCUT2D eigenvalue weighted by Crippen LogP contribution is 2.47. The monoisotopic (exact) mass is 665 g/mol. The van der Waals surface area contributed by atoms with Gasteiger partial charge in [0, 0.05) is 37.3 Å². The van der Waals surface area contributed by atoms with E-state index < -0.39 is 49.7 Å². The summed E-state index contributed by atoms with van der Waals surface area (Å²) >= 11 is 0. The normalized spacial score (nSPS) is 18.5. The van der Waals surface area contributed by atoms with Crippen LogP contribution >= 0.6 is 0 Å². The van der Waals surface area contributed by atoms with Gasteiger partial charge in [-0.1, -0.05) is 34.6 Å². The molecule has 1 unspecified atom stereocenters. The van der Waals surface area contributed by atoms with Crippen molar-refractivity contribution in [2.24, 2.45) is 10.8 Å². The van der Waals surface area contributed by atoms with Crippen LogP contribution in [0, 0.1) is 0 Å². The second-order valence-corrected chi connectivity index (χ2v) is 19.3. The Morgan fingerprint density at radius 1 is 1.15 bits per heavy atom. The van der Waals surface area contributed by atoms with Crippen molar-refractivity contribution in [3.05, 3.63) is 35.5 Å². The number of amides is 2.